The number of amides is 1. The number of aromatic nitrogens is 2. The smallest absolute Gasteiger partial charge is 0.229 e. The van der Waals surface area contributed by atoms with E-state index < -0.39 is 5.41 Å². The monoisotopic (exact) mass is 514 g/mol. The molecule has 3 aliphatic rings. The molecule has 4 atom stereocenters. The number of fused-ring (bicyclic) bond motifs is 3. The first-order valence-electron chi connectivity index (χ1n) is 14.4. The molecule has 3 aromatic rings. The molecular formula is C32H42N4O2. The van der Waals surface area contributed by atoms with Gasteiger partial charge in [0, 0.05) is 36.6 Å². The molecule has 38 heavy (non-hydrogen) atoms. The van der Waals surface area contributed by atoms with Gasteiger partial charge in [-0.3, -0.25) is 9.69 Å². The van der Waals surface area contributed by atoms with Crippen molar-refractivity contribution in [3.8, 4) is 0 Å². The normalized spacial score (nSPS) is 28.2. The van der Waals surface area contributed by atoms with Crippen LogP contribution in [0, 0.1) is 12.3 Å². The predicted molar refractivity (Wildman–Crippen MR) is 151 cm³/mol. The number of imidazole rings is 1. The van der Waals surface area contributed by atoms with Crippen molar-refractivity contribution < 1.29 is 9.53 Å². The quantitative estimate of drug-likeness (QED) is 0.416. The highest BCUT2D eigenvalue weighted by molar-refractivity contribution is 5.81. The van der Waals surface area contributed by atoms with Crippen molar-refractivity contribution in [3.05, 3.63) is 66.0 Å². The maximum absolute atomic E-state index is 12.9. The fourth-order valence-corrected chi connectivity index (χ4v) is 7.36. The summed E-state index contributed by atoms with van der Waals surface area (Å²) in [7, 11) is 0. The van der Waals surface area contributed by atoms with Crippen LogP contribution in [-0.2, 0) is 15.1 Å². The van der Waals surface area contributed by atoms with Crippen LogP contribution in [0.25, 0.3) is 11.0 Å². The standard InChI is InChI=1S/C32H42N4O2/c1-23-33-28-12-8-9-13-29(28)36(23)27-20-25-14-15-26(21-27)35(25)19-17-32(24-10-6-5-7-11-24)16-18-34(22-38-32)30(37)31(2,3)4/h5-13,25-27H,14-22H2,1-4H3/t25-,26+,27-,32?. The molecule has 6 heteroatoms. The van der Waals surface area contributed by atoms with Crippen molar-refractivity contribution in [1.82, 2.24) is 19.4 Å². The van der Waals surface area contributed by atoms with Crippen LogP contribution >= 0.6 is 0 Å². The molecule has 4 heterocycles. The van der Waals surface area contributed by atoms with E-state index in [0.717, 1.165) is 37.3 Å². The molecule has 0 aliphatic carbocycles. The Morgan fingerprint density at radius 2 is 1.68 bits per heavy atom. The number of para-hydroxylation sites is 2. The number of nitrogens with zero attached hydrogens (tertiary/aromatic N) is 4. The van der Waals surface area contributed by atoms with Crippen molar-refractivity contribution in [2.24, 2.45) is 5.41 Å². The first-order chi connectivity index (χ1) is 18.2. The fourth-order valence-electron chi connectivity index (χ4n) is 7.36. The Kier molecular flexibility index (Phi) is 6.59. The maximum Gasteiger partial charge on any atom is 0.229 e. The van der Waals surface area contributed by atoms with Gasteiger partial charge >= 0.3 is 0 Å². The summed E-state index contributed by atoms with van der Waals surface area (Å²) in [5, 5.41) is 0. The molecule has 2 bridgehead atoms. The lowest BCUT2D eigenvalue weighted by Gasteiger charge is -2.46. The van der Waals surface area contributed by atoms with Gasteiger partial charge < -0.3 is 14.2 Å². The summed E-state index contributed by atoms with van der Waals surface area (Å²) in [6, 6.07) is 21.0. The highest BCUT2D eigenvalue weighted by Gasteiger charge is 2.45. The molecule has 0 saturated carbocycles. The van der Waals surface area contributed by atoms with Gasteiger partial charge in [0.15, 0.2) is 0 Å². The molecule has 1 unspecified atom stereocenters. The number of rotatable bonds is 5. The summed E-state index contributed by atoms with van der Waals surface area (Å²) in [5.41, 5.74) is 2.89. The second kappa shape index (κ2) is 9.80. The third-order valence-electron chi connectivity index (χ3n) is 9.28. The van der Waals surface area contributed by atoms with E-state index >= 15 is 0 Å². The Morgan fingerprint density at radius 3 is 2.34 bits per heavy atom. The van der Waals surface area contributed by atoms with E-state index in [4.69, 9.17) is 9.72 Å². The summed E-state index contributed by atoms with van der Waals surface area (Å²) in [4.78, 5) is 22.5. The molecule has 0 N–H and O–H groups in total. The van der Waals surface area contributed by atoms with E-state index in [0.29, 0.717) is 24.9 Å². The number of carbonyl (C=O) groups excluding carboxylic acids is 1. The van der Waals surface area contributed by atoms with Gasteiger partial charge in [-0.05, 0) is 63.1 Å². The van der Waals surface area contributed by atoms with E-state index in [1.807, 2.05) is 25.7 Å². The first-order valence-corrected chi connectivity index (χ1v) is 14.4. The number of hydrogen-bond acceptors (Lipinski definition) is 4. The summed E-state index contributed by atoms with van der Waals surface area (Å²) >= 11 is 0. The molecule has 3 aliphatic heterocycles. The SMILES string of the molecule is Cc1nc2ccccc2n1[C@@H]1C[C@H]2CC[C@@H](C1)N2CCC1(c2ccccc2)CCN(C(=O)C(C)(C)C)CO1. The third-order valence-corrected chi connectivity index (χ3v) is 9.28. The van der Waals surface area contributed by atoms with Crippen molar-refractivity contribution in [2.75, 3.05) is 19.8 Å². The van der Waals surface area contributed by atoms with Gasteiger partial charge in [-0.1, -0.05) is 63.2 Å². The van der Waals surface area contributed by atoms with Crippen LogP contribution in [0.5, 0.6) is 0 Å². The fraction of sp³-hybridized carbons (Fsp3) is 0.562. The molecule has 1 amide bonds. The van der Waals surface area contributed by atoms with Gasteiger partial charge in [-0.15, -0.1) is 0 Å². The highest BCUT2D eigenvalue weighted by Crippen LogP contribution is 2.44. The molecule has 202 valence electrons. The maximum atomic E-state index is 12.9. The summed E-state index contributed by atoms with van der Waals surface area (Å²) < 4.78 is 9.18. The Labute approximate surface area is 227 Å². The van der Waals surface area contributed by atoms with Crippen LogP contribution < -0.4 is 0 Å². The largest absolute Gasteiger partial charge is 0.350 e. The Morgan fingerprint density at radius 1 is 1.00 bits per heavy atom. The van der Waals surface area contributed by atoms with Crippen LogP contribution in [0.2, 0.25) is 0 Å². The van der Waals surface area contributed by atoms with Gasteiger partial charge in [0.05, 0.1) is 16.6 Å². The zero-order valence-electron chi connectivity index (χ0n) is 23.4. The van der Waals surface area contributed by atoms with Crippen LogP contribution in [0.15, 0.2) is 54.6 Å². The Balaban J connectivity index is 1.17. The van der Waals surface area contributed by atoms with E-state index in [1.54, 1.807) is 0 Å². The number of benzene rings is 2. The molecule has 3 fully saturated rings. The topological polar surface area (TPSA) is 50.6 Å². The zero-order valence-corrected chi connectivity index (χ0v) is 23.4. The summed E-state index contributed by atoms with van der Waals surface area (Å²) in [5.74, 6) is 1.30. The lowest BCUT2D eigenvalue weighted by Crippen LogP contribution is -2.52. The summed E-state index contributed by atoms with van der Waals surface area (Å²) in [6.45, 7) is 10.3. The lowest BCUT2D eigenvalue weighted by molar-refractivity contribution is -0.176. The van der Waals surface area contributed by atoms with Gasteiger partial charge in [-0.2, -0.15) is 0 Å². The first kappa shape index (κ1) is 25.6. The number of ether oxygens (including phenoxy) is 1. The van der Waals surface area contributed by atoms with Crippen LogP contribution in [0.1, 0.15) is 76.7 Å². The molecular weight excluding hydrogens is 472 g/mol. The van der Waals surface area contributed by atoms with E-state index in [1.165, 1.54) is 36.8 Å². The van der Waals surface area contributed by atoms with Crippen molar-refractivity contribution in [1.29, 1.82) is 0 Å². The van der Waals surface area contributed by atoms with Crippen molar-refractivity contribution >= 4 is 16.9 Å². The average molecular weight is 515 g/mol. The van der Waals surface area contributed by atoms with Gasteiger partial charge in [-0.25, -0.2) is 4.98 Å². The number of aryl methyl sites for hydroxylation is 1. The predicted octanol–water partition coefficient (Wildman–Crippen LogP) is 6.05. The molecule has 3 saturated heterocycles. The lowest BCUT2D eigenvalue weighted by atomic mass is 9.84. The van der Waals surface area contributed by atoms with Gasteiger partial charge in [0.1, 0.15) is 12.6 Å². The molecule has 6 rings (SSSR count). The minimum absolute atomic E-state index is 0.168. The number of hydrogen-bond donors (Lipinski definition) is 0. The van der Waals surface area contributed by atoms with Gasteiger partial charge in [0.25, 0.3) is 0 Å². The molecule has 6 nitrogen and oxygen atoms in total. The molecule has 1 aromatic heterocycles. The third kappa shape index (κ3) is 4.56. The van der Waals surface area contributed by atoms with E-state index in [2.05, 4.69) is 71.0 Å². The summed E-state index contributed by atoms with van der Waals surface area (Å²) in [6.07, 6.45) is 6.72. The molecule has 2 aromatic carbocycles. The minimum atomic E-state index is -0.390. The van der Waals surface area contributed by atoms with E-state index in [-0.39, 0.29) is 11.5 Å². The van der Waals surface area contributed by atoms with Crippen LogP contribution in [0.3, 0.4) is 0 Å². The van der Waals surface area contributed by atoms with Crippen LogP contribution in [0.4, 0.5) is 0 Å². The zero-order chi connectivity index (χ0) is 26.5. The number of carbonyl (C=O) groups is 1. The van der Waals surface area contributed by atoms with Crippen LogP contribution in [-0.4, -0.2) is 57.2 Å². The average Bonchev–Trinajstić information content (AvgIpc) is 3.38. The Bertz CT molecular complexity index is 1270. The Hall–Kier alpha value is -2.70. The highest BCUT2D eigenvalue weighted by atomic mass is 16.5. The van der Waals surface area contributed by atoms with Crippen molar-refractivity contribution in [2.45, 2.75) is 89.9 Å². The van der Waals surface area contributed by atoms with Crippen molar-refractivity contribution in [3.63, 3.8) is 0 Å². The molecule has 0 radical (unpaired) electrons. The number of piperidine rings is 1. The molecule has 0 spiro atoms. The second-order valence-electron chi connectivity index (χ2n) is 12.7. The second-order valence-corrected chi connectivity index (χ2v) is 12.7. The van der Waals surface area contributed by atoms with Gasteiger partial charge in [0.2, 0.25) is 5.91 Å². The minimum Gasteiger partial charge on any atom is -0.350 e. The van der Waals surface area contributed by atoms with E-state index in [9.17, 15) is 4.79 Å².